The van der Waals surface area contributed by atoms with Crippen molar-refractivity contribution in [2.45, 2.75) is 38.7 Å². The first kappa shape index (κ1) is 16.4. The number of aliphatic hydroxyl groups excluding tert-OH is 1. The van der Waals surface area contributed by atoms with Crippen LogP contribution in [0.4, 0.5) is 0 Å². The van der Waals surface area contributed by atoms with Crippen LogP contribution in [0.1, 0.15) is 19.4 Å². The maximum absolute atomic E-state index is 12.2. The van der Waals surface area contributed by atoms with Gasteiger partial charge in [-0.2, -0.15) is 17.4 Å². The average molecular weight is 314 g/mol. The highest BCUT2D eigenvalue weighted by Crippen LogP contribution is 2.18. The van der Waals surface area contributed by atoms with Gasteiger partial charge < -0.3 is 9.84 Å². The molecule has 1 fully saturated rings. The molecule has 7 heteroatoms. The Morgan fingerprint density at radius 1 is 1.33 bits per heavy atom. The summed E-state index contributed by atoms with van der Waals surface area (Å²) in [5.74, 6) is 0. The number of hydrogen-bond acceptors (Lipinski definition) is 4. The maximum atomic E-state index is 12.2. The highest BCUT2D eigenvalue weighted by Gasteiger charge is 2.38. The van der Waals surface area contributed by atoms with Crippen molar-refractivity contribution in [1.29, 1.82) is 0 Å². The normalized spacial score (nSPS) is 23.8. The largest absolute Gasteiger partial charge is 0.389 e. The Hall–Kier alpha value is -0.990. The molecular weight excluding hydrogens is 292 g/mol. The second-order valence-electron chi connectivity index (χ2n) is 5.42. The molecule has 0 unspecified atom stereocenters. The molecule has 2 atom stereocenters. The SMILES string of the molecule is CC(C)O[C@H]1CN(S(=O)(=O)NCc2ccccc2)C[C@@H]1O. The van der Waals surface area contributed by atoms with E-state index in [1.165, 1.54) is 4.31 Å². The van der Waals surface area contributed by atoms with Crippen LogP contribution in [0, 0.1) is 0 Å². The van der Waals surface area contributed by atoms with Gasteiger partial charge in [0.2, 0.25) is 0 Å². The Morgan fingerprint density at radius 2 is 2.00 bits per heavy atom. The highest BCUT2D eigenvalue weighted by atomic mass is 32.2. The van der Waals surface area contributed by atoms with Gasteiger partial charge in [-0.3, -0.25) is 0 Å². The van der Waals surface area contributed by atoms with Crippen LogP contribution in [0.25, 0.3) is 0 Å². The summed E-state index contributed by atoms with van der Waals surface area (Å²) in [5, 5.41) is 9.90. The third-order valence-corrected chi connectivity index (χ3v) is 4.78. The Labute approximate surface area is 125 Å². The van der Waals surface area contributed by atoms with E-state index >= 15 is 0 Å². The van der Waals surface area contributed by atoms with Crippen molar-refractivity contribution < 1.29 is 18.3 Å². The molecular formula is C14H22N2O4S. The molecule has 0 bridgehead atoms. The summed E-state index contributed by atoms with van der Waals surface area (Å²) in [5.41, 5.74) is 0.885. The fourth-order valence-electron chi connectivity index (χ4n) is 2.26. The summed E-state index contributed by atoms with van der Waals surface area (Å²) in [4.78, 5) is 0. The molecule has 0 saturated carbocycles. The zero-order valence-corrected chi connectivity index (χ0v) is 13.1. The lowest BCUT2D eigenvalue weighted by atomic mass is 10.2. The maximum Gasteiger partial charge on any atom is 0.279 e. The van der Waals surface area contributed by atoms with Crippen LogP contribution >= 0.6 is 0 Å². The van der Waals surface area contributed by atoms with Gasteiger partial charge in [0.1, 0.15) is 0 Å². The number of rotatable bonds is 6. The van der Waals surface area contributed by atoms with Gasteiger partial charge in [-0.25, -0.2) is 0 Å². The van der Waals surface area contributed by atoms with Gasteiger partial charge in [0, 0.05) is 19.6 Å². The first-order valence-electron chi connectivity index (χ1n) is 7.00. The Balaban J connectivity index is 1.94. The second kappa shape index (κ2) is 6.85. The van der Waals surface area contributed by atoms with Gasteiger partial charge in [0.25, 0.3) is 10.2 Å². The van der Waals surface area contributed by atoms with E-state index in [9.17, 15) is 13.5 Å². The molecule has 1 aliphatic heterocycles. The Morgan fingerprint density at radius 3 is 2.62 bits per heavy atom. The molecule has 0 aliphatic carbocycles. The molecule has 6 nitrogen and oxygen atoms in total. The summed E-state index contributed by atoms with van der Waals surface area (Å²) in [7, 11) is -3.62. The standard InChI is InChI=1S/C14H22N2O4S/c1-11(2)20-14-10-16(9-13(14)17)21(18,19)15-8-12-6-4-3-5-7-12/h3-7,11,13-15,17H,8-10H2,1-2H3/t13-,14-/m0/s1. The van der Waals surface area contributed by atoms with Crippen LogP contribution in [-0.2, 0) is 21.5 Å². The zero-order valence-electron chi connectivity index (χ0n) is 12.3. The van der Waals surface area contributed by atoms with Crippen molar-refractivity contribution in [2.24, 2.45) is 0 Å². The van der Waals surface area contributed by atoms with E-state index < -0.39 is 22.4 Å². The van der Waals surface area contributed by atoms with E-state index in [0.29, 0.717) is 0 Å². The lowest BCUT2D eigenvalue weighted by Gasteiger charge is -2.18. The minimum Gasteiger partial charge on any atom is -0.389 e. The van der Waals surface area contributed by atoms with Crippen LogP contribution < -0.4 is 4.72 Å². The average Bonchev–Trinajstić information content (AvgIpc) is 2.79. The van der Waals surface area contributed by atoms with Crippen molar-refractivity contribution in [1.82, 2.24) is 9.03 Å². The molecule has 1 aromatic carbocycles. The van der Waals surface area contributed by atoms with Gasteiger partial charge >= 0.3 is 0 Å². The molecule has 1 aromatic rings. The minimum absolute atomic E-state index is 0.0513. The van der Waals surface area contributed by atoms with Gasteiger partial charge in [-0.15, -0.1) is 0 Å². The summed E-state index contributed by atoms with van der Waals surface area (Å²) in [6, 6.07) is 9.30. The first-order valence-corrected chi connectivity index (χ1v) is 8.44. The molecule has 2 rings (SSSR count). The van der Waals surface area contributed by atoms with Crippen LogP contribution in [0.5, 0.6) is 0 Å². The highest BCUT2D eigenvalue weighted by molar-refractivity contribution is 7.87. The Bertz CT molecular complexity index is 547. The predicted molar refractivity (Wildman–Crippen MR) is 79.8 cm³/mol. The Kier molecular flexibility index (Phi) is 5.34. The number of ether oxygens (including phenoxy) is 1. The molecule has 0 radical (unpaired) electrons. The molecule has 0 aromatic heterocycles. The predicted octanol–water partition coefficient (Wildman–Crippen LogP) is 0.491. The fraction of sp³-hybridized carbons (Fsp3) is 0.571. The van der Waals surface area contributed by atoms with Gasteiger partial charge in [-0.05, 0) is 19.4 Å². The van der Waals surface area contributed by atoms with E-state index in [-0.39, 0.29) is 25.7 Å². The van der Waals surface area contributed by atoms with Crippen LogP contribution in [-0.4, -0.2) is 49.2 Å². The van der Waals surface area contributed by atoms with Crippen molar-refractivity contribution in [3.8, 4) is 0 Å². The number of benzene rings is 1. The number of β-amino-alcohol motifs (C(OH)–C–C–N with tert-alkyl or cyclic N) is 1. The summed E-state index contributed by atoms with van der Waals surface area (Å²) in [6.07, 6.45) is -1.32. The summed E-state index contributed by atoms with van der Waals surface area (Å²) >= 11 is 0. The topological polar surface area (TPSA) is 78.9 Å². The third-order valence-electron chi connectivity index (χ3n) is 3.29. The van der Waals surface area contributed by atoms with Crippen LogP contribution in [0.15, 0.2) is 30.3 Å². The molecule has 2 N–H and O–H groups in total. The smallest absolute Gasteiger partial charge is 0.279 e. The van der Waals surface area contributed by atoms with E-state index in [4.69, 9.17) is 4.74 Å². The monoisotopic (exact) mass is 314 g/mol. The molecule has 1 saturated heterocycles. The van der Waals surface area contributed by atoms with Gasteiger partial charge in [-0.1, -0.05) is 30.3 Å². The molecule has 1 aliphatic rings. The van der Waals surface area contributed by atoms with Crippen LogP contribution in [0.2, 0.25) is 0 Å². The van der Waals surface area contributed by atoms with Crippen molar-refractivity contribution in [3.63, 3.8) is 0 Å². The number of hydrogen-bond donors (Lipinski definition) is 2. The van der Waals surface area contributed by atoms with Crippen molar-refractivity contribution in [3.05, 3.63) is 35.9 Å². The van der Waals surface area contributed by atoms with E-state index in [1.54, 1.807) is 0 Å². The summed E-state index contributed by atoms with van der Waals surface area (Å²) < 4.78 is 33.8. The van der Waals surface area contributed by atoms with Gasteiger partial charge in [0.15, 0.2) is 0 Å². The molecule has 21 heavy (non-hydrogen) atoms. The van der Waals surface area contributed by atoms with E-state index in [1.807, 2.05) is 44.2 Å². The van der Waals surface area contributed by atoms with Gasteiger partial charge in [0.05, 0.1) is 18.3 Å². The second-order valence-corrected chi connectivity index (χ2v) is 7.17. The molecule has 0 amide bonds. The van der Waals surface area contributed by atoms with E-state index in [2.05, 4.69) is 4.72 Å². The third kappa shape index (κ3) is 4.49. The van der Waals surface area contributed by atoms with Crippen molar-refractivity contribution >= 4 is 10.2 Å². The first-order chi connectivity index (χ1) is 9.88. The fourth-order valence-corrected chi connectivity index (χ4v) is 3.49. The van der Waals surface area contributed by atoms with Crippen molar-refractivity contribution in [2.75, 3.05) is 13.1 Å². The number of nitrogens with one attached hydrogen (secondary N) is 1. The van der Waals surface area contributed by atoms with Crippen LogP contribution in [0.3, 0.4) is 0 Å². The molecule has 118 valence electrons. The lowest BCUT2D eigenvalue weighted by Crippen LogP contribution is -2.39. The molecule has 1 heterocycles. The minimum atomic E-state index is -3.62. The summed E-state index contributed by atoms with van der Waals surface area (Å²) in [6.45, 7) is 4.17. The lowest BCUT2D eigenvalue weighted by molar-refractivity contribution is -0.0391. The number of aliphatic hydroxyl groups is 1. The quantitative estimate of drug-likeness (QED) is 0.801. The van der Waals surface area contributed by atoms with E-state index in [0.717, 1.165) is 5.56 Å². The molecule has 0 spiro atoms. The zero-order chi connectivity index (χ0) is 15.5. The number of nitrogens with zero attached hydrogens (tertiary/aromatic N) is 1.